The zero-order valence-corrected chi connectivity index (χ0v) is 27.2. The van der Waals surface area contributed by atoms with Gasteiger partial charge in [0.15, 0.2) is 0 Å². The minimum absolute atomic E-state index is 0. The Labute approximate surface area is 249 Å². The number of hydrogen-bond acceptors (Lipinski definition) is 3. The molecule has 0 amide bonds. The lowest BCUT2D eigenvalue weighted by Gasteiger charge is -2.49. The maximum atomic E-state index is 6.66. The Hall–Kier alpha value is 0.0400. The van der Waals surface area contributed by atoms with Crippen molar-refractivity contribution in [2.75, 3.05) is 32.8 Å². The summed E-state index contributed by atoms with van der Waals surface area (Å²) in [6.45, 7) is 21.5. The monoisotopic (exact) mass is 600 g/mol. The van der Waals surface area contributed by atoms with E-state index in [4.69, 9.17) is 27.9 Å². The third kappa shape index (κ3) is 12.8. The molecule has 3 unspecified atom stereocenters. The Morgan fingerprint density at radius 3 is 2.18 bits per heavy atom. The zero-order chi connectivity index (χ0) is 25.8. The van der Waals surface area contributed by atoms with Crippen molar-refractivity contribution in [3.8, 4) is 0 Å². The van der Waals surface area contributed by atoms with Crippen LogP contribution in [0.15, 0.2) is 11.6 Å². The average Bonchev–Trinajstić information content (AvgIpc) is 2.76. The van der Waals surface area contributed by atoms with E-state index < -0.39 is 0 Å². The van der Waals surface area contributed by atoms with Gasteiger partial charge in [-0.05, 0) is 95.4 Å². The van der Waals surface area contributed by atoms with Gasteiger partial charge in [-0.15, -0.1) is 23.2 Å². The summed E-state index contributed by atoms with van der Waals surface area (Å²) in [5, 5.41) is 4.55. The Morgan fingerprint density at radius 2 is 1.64 bits per heavy atom. The van der Waals surface area contributed by atoms with E-state index in [-0.39, 0.29) is 32.9 Å². The first-order chi connectivity index (χ1) is 16.3. The third-order valence-electron chi connectivity index (χ3n) is 8.91. The Kier molecular flexibility index (Phi) is 18.9. The molecule has 9 N–H and O–H groups in total. The van der Waals surface area contributed by atoms with Crippen molar-refractivity contribution in [2.24, 2.45) is 29.1 Å². The normalized spacial score (nSPS) is 30.1. The summed E-state index contributed by atoms with van der Waals surface area (Å²) < 4.78 is 6.08. The van der Waals surface area contributed by atoms with Gasteiger partial charge in [-0.1, -0.05) is 39.3 Å². The highest BCUT2D eigenvalue weighted by Crippen LogP contribution is 2.45. The van der Waals surface area contributed by atoms with Crippen LogP contribution < -0.4 is 5.32 Å². The minimum Gasteiger partial charge on any atom is -0.412 e. The van der Waals surface area contributed by atoms with E-state index in [9.17, 15) is 0 Å². The predicted octanol–water partition coefficient (Wildman–Crippen LogP) is 4.21. The second kappa shape index (κ2) is 17.9. The van der Waals surface area contributed by atoms with Crippen molar-refractivity contribution in [3.05, 3.63) is 11.6 Å². The van der Waals surface area contributed by atoms with Crippen molar-refractivity contribution in [1.82, 2.24) is 10.2 Å². The summed E-state index contributed by atoms with van der Waals surface area (Å²) in [6.07, 6.45) is 10.8. The van der Waals surface area contributed by atoms with Crippen molar-refractivity contribution in [3.63, 3.8) is 0 Å². The molecule has 1 heterocycles. The summed E-state index contributed by atoms with van der Waals surface area (Å²) in [4.78, 5) is 2.74. The summed E-state index contributed by atoms with van der Waals surface area (Å²) in [6, 6.07) is 0.507. The molecule has 0 aromatic rings. The largest absolute Gasteiger partial charge is 0.412 e. The summed E-state index contributed by atoms with van der Waals surface area (Å²) in [5.74, 6) is 2.74. The van der Waals surface area contributed by atoms with Gasteiger partial charge in [0.1, 0.15) is 0 Å². The van der Waals surface area contributed by atoms with Crippen LogP contribution in [0.1, 0.15) is 93.4 Å². The zero-order valence-electron chi connectivity index (χ0n) is 25.7. The number of halogens is 2. The van der Waals surface area contributed by atoms with Gasteiger partial charge in [0.2, 0.25) is 0 Å². The molecule has 9 heteroatoms. The number of likely N-dealkylation sites (tertiary alicyclic amines) is 1. The molecule has 3 rings (SSSR count). The van der Waals surface area contributed by atoms with Gasteiger partial charge >= 0.3 is 0 Å². The van der Waals surface area contributed by atoms with Crippen molar-refractivity contribution in [2.45, 2.75) is 116 Å². The van der Waals surface area contributed by atoms with E-state index in [1.54, 1.807) is 0 Å². The standard InChI is InChI=1S/C30H54Cl2N2O.4H2O/c1-21(2)28(33-17-22-8-13-27(32)24(16-22)19-35-29(3,4)5)18-34-15-14-26(30(6,7)20-34)23-9-11-25(31)12-10-23;;;;/h8,21,23-28,33H,9-20H2,1-7H3;4*1H2/t23?,24?,25?,26?,27?,28-;;;;/m0..../s1. The lowest BCUT2D eigenvalue weighted by atomic mass is 9.64. The molecule has 236 valence electrons. The van der Waals surface area contributed by atoms with E-state index in [0.29, 0.717) is 28.7 Å². The van der Waals surface area contributed by atoms with Gasteiger partial charge in [0.25, 0.3) is 0 Å². The highest BCUT2D eigenvalue weighted by molar-refractivity contribution is 6.21. The molecule has 1 saturated carbocycles. The molecule has 2 aliphatic carbocycles. The molecule has 3 aliphatic rings. The average molecular weight is 602 g/mol. The van der Waals surface area contributed by atoms with Crippen molar-refractivity contribution in [1.29, 1.82) is 0 Å². The molecule has 0 spiro atoms. The van der Waals surface area contributed by atoms with Gasteiger partial charge in [-0.25, -0.2) is 0 Å². The molecular formula is C30H62Cl2N2O5. The number of allylic oxidation sites excluding steroid dienone is 1. The molecular weight excluding hydrogens is 539 g/mol. The second-order valence-corrected chi connectivity index (χ2v) is 15.0. The Morgan fingerprint density at radius 1 is 1.03 bits per heavy atom. The maximum Gasteiger partial charge on any atom is 0.0598 e. The van der Waals surface area contributed by atoms with Gasteiger partial charge in [-0.2, -0.15) is 0 Å². The van der Waals surface area contributed by atoms with E-state index in [1.165, 1.54) is 50.8 Å². The topological polar surface area (TPSA) is 150 Å². The maximum absolute atomic E-state index is 6.66. The predicted molar refractivity (Wildman–Crippen MR) is 167 cm³/mol. The number of nitrogens with zero attached hydrogens (tertiary/aromatic N) is 1. The van der Waals surface area contributed by atoms with Crippen LogP contribution in [-0.2, 0) is 4.74 Å². The van der Waals surface area contributed by atoms with Crippen molar-refractivity contribution < 1.29 is 26.6 Å². The molecule has 7 nitrogen and oxygen atoms in total. The SMILES string of the molecule is CC(C)[C@H](CN1CCC(C2CCC(Cl)CC2)C(C)(C)C1)NCC1=CCC(Cl)C(COC(C)(C)C)C1.O.O.O.O. The first-order valence-electron chi connectivity index (χ1n) is 14.4. The van der Waals surface area contributed by atoms with Crippen LogP contribution in [0.25, 0.3) is 0 Å². The van der Waals surface area contributed by atoms with Gasteiger partial charge < -0.3 is 36.9 Å². The van der Waals surface area contributed by atoms with Crippen LogP contribution in [0.4, 0.5) is 0 Å². The Balaban J connectivity index is 0. The third-order valence-corrected chi connectivity index (χ3v) is 9.88. The molecule has 0 radical (unpaired) electrons. The summed E-state index contributed by atoms with van der Waals surface area (Å²) in [5.41, 5.74) is 1.78. The number of ether oxygens (including phenoxy) is 1. The first kappa shape index (κ1) is 41.2. The van der Waals surface area contributed by atoms with Crippen LogP contribution in [0, 0.1) is 29.1 Å². The van der Waals surface area contributed by atoms with Crippen LogP contribution in [0.3, 0.4) is 0 Å². The van der Waals surface area contributed by atoms with E-state index in [1.807, 2.05) is 0 Å². The molecule has 1 aliphatic heterocycles. The lowest BCUT2D eigenvalue weighted by Crippen LogP contribution is -2.53. The lowest BCUT2D eigenvalue weighted by molar-refractivity contribution is -0.0233. The summed E-state index contributed by atoms with van der Waals surface area (Å²) >= 11 is 13.1. The fraction of sp³-hybridized carbons (Fsp3) is 0.933. The number of hydrogen-bond donors (Lipinski definition) is 1. The van der Waals surface area contributed by atoms with Crippen molar-refractivity contribution >= 4 is 23.2 Å². The highest BCUT2D eigenvalue weighted by Gasteiger charge is 2.41. The quantitative estimate of drug-likeness (QED) is 0.311. The molecule has 0 aromatic carbocycles. The Bertz CT molecular complexity index is 693. The van der Waals surface area contributed by atoms with Gasteiger partial charge in [0.05, 0.1) is 12.2 Å². The fourth-order valence-electron chi connectivity index (χ4n) is 6.73. The minimum atomic E-state index is -0.107. The molecule has 2 fully saturated rings. The fourth-order valence-corrected chi connectivity index (χ4v) is 7.23. The molecule has 39 heavy (non-hydrogen) atoms. The second-order valence-electron chi connectivity index (χ2n) is 13.9. The van der Waals surface area contributed by atoms with Crippen LogP contribution in [-0.4, -0.2) is 82.0 Å². The molecule has 1 saturated heterocycles. The van der Waals surface area contributed by atoms with E-state index >= 15 is 0 Å². The number of piperidine rings is 1. The van der Waals surface area contributed by atoms with Crippen LogP contribution in [0.2, 0.25) is 0 Å². The van der Waals surface area contributed by atoms with Gasteiger partial charge in [0, 0.05) is 42.3 Å². The summed E-state index contributed by atoms with van der Waals surface area (Å²) in [7, 11) is 0. The smallest absolute Gasteiger partial charge is 0.0598 e. The highest BCUT2D eigenvalue weighted by atomic mass is 35.5. The molecule has 0 aromatic heterocycles. The number of nitrogens with one attached hydrogen (secondary N) is 1. The van der Waals surface area contributed by atoms with E-state index in [0.717, 1.165) is 44.4 Å². The molecule has 4 atom stereocenters. The van der Waals surface area contributed by atoms with E-state index in [2.05, 4.69) is 64.8 Å². The van der Waals surface area contributed by atoms with Crippen LogP contribution in [0.5, 0.6) is 0 Å². The first-order valence-corrected chi connectivity index (χ1v) is 15.3. The number of alkyl halides is 2. The number of rotatable bonds is 9. The van der Waals surface area contributed by atoms with Gasteiger partial charge in [-0.3, -0.25) is 0 Å². The molecule has 0 bridgehead atoms. The van der Waals surface area contributed by atoms with Crippen LogP contribution >= 0.6 is 23.2 Å².